The van der Waals surface area contributed by atoms with Crippen LogP contribution in [-0.4, -0.2) is 18.2 Å². The van der Waals surface area contributed by atoms with E-state index in [9.17, 15) is 9.59 Å². The first-order valence-corrected chi connectivity index (χ1v) is 5.90. The van der Waals surface area contributed by atoms with Crippen LogP contribution < -0.4 is 5.32 Å². The van der Waals surface area contributed by atoms with Crippen LogP contribution in [0, 0.1) is 5.92 Å². The highest BCUT2D eigenvalue weighted by Gasteiger charge is 2.12. The topological polar surface area (TPSA) is 46.2 Å². The molecule has 0 saturated heterocycles. The number of nitrogens with one attached hydrogen (secondary N) is 1. The Kier molecular flexibility index (Phi) is 5.40. The summed E-state index contributed by atoms with van der Waals surface area (Å²) in [6.07, 6.45) is 1.82. The molecule has 1 N–H and O–H groups in total. The average molecular weight is 233 g/mol. The summed E-state index contributed by atoms with van der Waals surface area (Å²) in [7, 11) is 0. The number of amides is 1. The number of hydrogen-bond acceptors (Lipinski definition) is 2. The third-order valence-corrected chi connectivity index (χ3v) is 2.44. The van der Waals surface area contributed by atoms with E-state index in [1.165, 1.54) is 0 Å². The second-order valence-corrected chi connectivity index (χ2v) is 4.60. The highest BCUT2D eigenvalue weighted by atomic mass is 16.2. The summed E-state index contributed by atoms with van der Waals surface area (Å²) in [4.78, 5) is 22.5. The lowest BCUT2D eigenvalue weighted by molar-refractivity contribution is -0.123. The second kappa shape index (κ2) is 6.84. The van der Waals surface area contributed by atoms with Gasteiger partial charge in [-0.1, -0.05) is 44.2 Å². The maximum atomic E-state index is 11.7. The zero-order valence-electron chi connectivity index (χ0n) is 10.3. The molecular weight excluding hydrogens is 214 g/mol. The Labute approximate surface area is 102 Å². The van der Waals surface area contributed by atoms with E-state index in [1.54, 1.807) is 0 Å². The fourth-order valence-corrected chi connectivity index (χ4v) is 1.70. The van der Waals surface area contributed by atoms with Crippen LogP contribution >= 0.6 is 0 Å². The molecule has 3 heteroatoms. The molecule has 0 spiro atoms. The van der Waals surface area contributed by atoms with Crippen molar-refractivity contribution in [3.63, 3.8) is 0 Å². The van der Waals surface area contributed by atoms with Crippen molar-refractivity contribution in [3.05, 3.63) is 35.9 Å². The number of carbonyl (C=O) groups excluding carboxylic acids is 2. The van der Waals surface area contributed by atoms with Crippen LogP contribution in [0.2, 0.25) is 0 Å². The number of hydrogen-bond donors (Lipinski definition) is 1. The summed E-state index contributed by atoms with van der Waals surface area (Å²) in [6.45, 7) is 4.06. The maximum Gasteiger partial charge on any atom is 0.224 e. The minimum atomic E-state index is -0.369. The predicted molar refractivity (Wildman–Crippen MR) is 67.6 cm³/mol. The fourth-order valence-electron chi connectivity index (χ4n) is 1.70. The molecule has 0 unspecified atom stereocenters. The number of rotatable bonds is 6. The predicted octanol–water partition coefficient (Wildman–Crippen LogP) is 1.96. The van der Waals surface area contributed by atoms with E-state index in [4.69, 9.17) is 0 Å². The average Bonchev–Trinajstić information content (AvgIpc) is 2.28. The summed E-state index contributed by atoms with van der Waals surface area (Å²) in [6, 6.07) is 9.14. The number of benzene rings is 1. The first kappa shape index (κ1) is 13.4. The van der Waals surface area contributed by atoms with Gasteiger partial charge in [-0.25, -0.2) is 0 Å². The van der Waals surface area contributed by atoms with Gasteiger partial charge in [-0.05, 0) is 17.9 Å². The van der Waals surface area contributed by atoms with Gasteiger partial charge in [0.05, 0.1) is 12.5 Å². The highest BCUT2D eigenvalue weighted by Crippen LogP contribution is 2.04. The van der Waals surface area contributed by atoms with Crippen LogP contribution in [0.5, 0.6) is 0 Å². The van der Waals surface area contributed by atoms with Gasteiger partial charge in [-0.15, -0.1) is 0 Å². The van der Waals surface area contributed by atoms with Crippen LogP contribution in [0.25, 0.3) is 0 Å². The molecule has 3 nitrogen and oxygen atoms in total. The Morgan fingerprint density at radius 2 is 1.94 bits per heavy atom. The molecule has 0 aliphatic carbocycles. The highest BCUT2D eigenvalue weighted by molar-refractivity contribution is 5.81. The summed E-state index contributed by atoms with van der Waals surface area (Å²) in [5.74, 6) is 0.288. The van der Waals surface area contributed by atoms with Crippen molar-refractivity contribution < 1.29 is 9.59 Å². The van der Waals surface area contributed by atoms with Crippen molar-refractivity contribution in [2.24, 2.45) is 5.92 Å². The molecule has 1 aromatic carbocycles. The quantitative estimate of drug-likeness (QED) is 0.763. The molecule has 92 valence electrons. The molecule has 1 atom stereocenters. The largest absolute Gasteiger partial charge is 0.346 e. The Bertz CT molecular complexity index is 360. The van der Waals surface area contributed by atoms with Crippen molar-refractivity contribution in [3.8, 4) is 0 Å². The summed E-state index contributed by atoms with van der Waals surface area (Å²) < 4.78 is 0. The number of carbonyl (C=O) groups is 2. The monoisotopic (exact) mass is 233 g/mol. The zero-order chi connectivity index (χ0) is 12.7. The summed E-state index contributed by atoms with van der Waals surface area (Å²) in [5.41, 5.74) is 0.958. The molecule has 0 aromatic heterocycles. The normalized spacial score (nSPS) is 12.2. The van der Waals surface area contributed by atoms with E-state index < -0.39 is 0 Å². The van der Waals surface area contributed by atoms with Crippen LogP contribution in [0.1, 0.15) is 25.8 Å². The standard InChI is InChI=1S/C14H19NO2/c1-11(2)8-13(10-16)15-14(17)9-12-6-4-3-5-7-12/h3-7,10-11,13H,8-9H2,1-2H3,(H,15,17)/t13-/m0/s1. The lowest BCUT2D eigenvalue weighted by Gasteiger charge is -2.14. The van der Waals surface area contributed by atoms with E-state index in [2.05, 4.69) is 5.32 Å². The van der Waals surface area contributed by atoms with Gasteiger partial charge in [0.25, 0.3) is 0 Å². The molecule has 0 heterocycles. The second-order valence-electron chi connectivity index (χ2n) is 4.60. The molecule has 0 saturated carbocycles. The molecule has 0 aliphatic rings. The van der Waals surface area contributed by atoms with E-state index in [1.807, 2.05) is 44.2 Å². The van der Waals surface area contributed by atoms with E-state index in [0.29, 0.717) is 18.8 Å². The first-order valence-electron chi connectivity index (χ1n) is 5.90. The maximum absolute atomic E-state index is 11.7. The van der Waals surface area contributed by atoms with Gasteiger partial charge >= 0.3 is 0 Å². The van der Waals surface area contributed by atoms with Gasteiger partial charge in [-0.2, -0.15) is 0 Å². The van der Waals surface area contributed by atoms with Crippen molar-refractivity contribution in [1.29, 1.82) is 0 Å². The summed E-state index contributed by atoms with van der Waals surface area (Å²) in [5, 5.41) is 2.74. The molecule has 1 rings (SSSR count). The van der Waals surface area contributed by atoms with E-state index in [-0.39, 0.29) is 11.9 Å². The van der Waals surface area contributed by atoms with Crippen molar-refractivity contribution in [2.45, 2.75) is 32.7 Å². The molecule has 17 heavy (non-hydrogen) atoms. The van der Waals surface area contributed by atoms with Gasteiger partial charge in [0.1, 0.15) is 6.29 Å². The van der Waals surface area contributed by atoms with Crippen LogP contribution in [0.15, 0.2) is 30.3 Å². The smallest absolute Gasteiger partial charge is 0.224 e. The van der Waals surface area contributed by atoms with Gasteiger partial charge in [0.2, 0.25) is 5.91 Å². The molecular formula is C14H19NO2. The van der Waals surface area contributed by atoms with Crippen molar-refractivity contribution in [1.82, 2.24) is 5.32 Å². The minimum absolute atomic E-state index is 0.103. The van der Waals surface area contributed by atoms with Gasteiger partial charge in [0, 0.05) is 0 Å². The Balaban J connectivity index is 2.45. The SMILES string of the molecule is CC(C)C[C@@H](C=O)NC(=O)Cc1ccccc1. The zero-order valence-corrected chi connectivity index (χ0v) is 10.3. The van der Waals surface area contributed by atoms with Crippen molar-refractivity contribution in [2.75, 3.05) is 0 Å². The summed E-state index contributed by atoms with van der Waals surface area (Å²) >= 11 is 0. The Morgan fingerprint density at radius 1 is 1.29 bits per heavy atom. The van der Waals surface area contributed by atoms with E-state index >= 15 is 0 Å². The molecule has 1 amide bonds. The van der Waals surface area contributed by atoms with Gasteiger partial charge in [-0.3, -0.25) is 4.79 Å². The fraction of sp³-hybridized carbons (Fsp3) is 0.429. The van der Waals surface area contributed by atoms with Crippen LogP contribution in [-0.2, 0) is 16.0 Å². The third kappa shape index (κ3) is 5.29. The minimum Gasteiger partial charge on any atom is -0.346 e. The number of aldehydes is 1. The lowest BCUT2D eigenvalue weighted by atomic mass is 10.0. The molecule has 1 aromatic rings. The van der Waals surface area contributed by atoms with E-state index in [0.717, 1.165) is 11.8 Å². The molecule has 0 aliphatic heterocycles. The van der Waals surface area contributed by atoms with Gasteiger partial charge < -0.3 is 10.1 Å². The van der Waals surface area contributed by atoms with Crippen LogP contribution in [0.3, 0.4) is 0 Å². The Hall–Kier alpha value is -1.64. The van der Waals surface area contributed by atoms with Crippen LogP contribution in [0.4, 0.5) is 0 Å². The van der Waals surface area contributed by atoms with Crippen molar-refractivity contribution >= 4 is 12.2 Å². The molecule has 0 bridgehead atoms. The first-order chi connectivity index (χ1) is 8.11. The molecule has 0 radical (unpaired) electrons. The van der Waals surface area contributed by atoms with Gasteiger partial charge in [0.15, 0.2) is 0 Å². The molecule has 0 fully saturated rings. The lowest BCUT2D eigenvalue weighted by Crippen LogP contribution is -2.37. The third-order valence-electron chi connectivity index (χ3n) is 2.44. The Morgan fingerprint density at radius 3 is 2.47 bits per heavy atom.